The number of amides is 1. The minimum Gasteiger partial charge on any atom is -0.497 e. The zero-order valence-electron chi connectivity index (χ0n) is 12.8. The third-order valence-corrected chi connectivity index (χ3v) is 5.14. The highest BCUT2D eigenvalue weighted by Gasteiger charge is 2.52. The van der Waals surface area contributed by atoms with Crippen LogP contribution in [0.5, 0.6) is 5.75 Å². The lowest BCUT2D eigenvalue weighted by Gasteiger charge is -2.48. The molecule has 1 aromatic rings. The van der Waals surface area contributed by atoms with Crippen molar-refractivity contribution >= 4 is 5.91 Å². The summed E-state index contributed by atoms with van der Waals surface area (Å²) in [5.41, 5.74) is 3.15. The van der Waals surface area contributed by atoms with Crippen LogP contribution in [-0.4, -0.2) is 37.7 Å². The van der Waals surface area contributed by atoms with E-state index in [1.807, 2.05) is 23.1 Å². The van der Waals surface area contributed by atoms with Crippen LogP contribution in [0.2, 0.25) is 0 Å². The Labute approximate surface area is 130 Å². The normalized spacial score (nSPS) is 28.8. The van der Waals surface area contributed by atoms with Gasteiger partial charge in [0, 0.05) is 26.2 Å². The van der Waals surface area contributed by atoms with Crippen molar-refractivity contribution in [3.63, 3.8) is 0 Å². The van der Waals surface area contributed by atoms with Crippen molar-refractivity contribution in [3.8, 4) is 5.75 Å². The molecule has 2 aliphatic heterocycles. The molecule has 0 N–H and O–H groups in total. The van der Waals surface area contributed by atoms with E-state index in [4.69, 9.17) is 9.47 Å². The first kappa shape index (κ1) is 13.6. The highest BCUT2D eigenvalue weighted by atomic mass is 16.5. The Morgan fingerprint density at radius 2 is 2.18 bits per heavy atom. The second-order valence-corrected chi connectivity index (χ2v) is 6.06. The molecule has 1 amide bonds. The molecule has 22 heavy (non-hydrogen) atoms. The van der Waals surface area contributed by atoms with Gasteiger partial charge >= 0.3 is 0 Å². The van der Waals surface area contributed by atoms with Crippen molar-refractivity contribution in [1.82, 2.24) is 4.90 Å². The molecule has 0 bridgehead atoms. The lowest BCUT2D eigenvalue weighted by atomic mass is 9.71. The molecule has 1 aliphatic carbocycles. The number of benzene rings is 1. The Bertz CT molecular complexity index is 706. The third-order valence-electron chi connectivity index (χ3n) is 5.14. The van der Waals surface area contributed by atoms with E-state index in [0.717, 1.165) is 30.7 Å². The highest BCUT2D eigenvalue weighted by Crippen LogP contribution is 2.51. The number of nitrogens with zero attached hydrogens (tertiary/aromatic N) is 1. The standard InChI is InChI=1S/C18H19NO3/c1-21-14-5-3-12-7-8-19-17(20)9-13-4-6-15(22-2)11-18(13,19)16(12)10-14/h3-6,9-10,15H,7-8,11H2,1-2H3/t15-,18-/m0/s1. The van der Waals surface area contributed by atoms with E-state index in [2.05, 4.69) is 12.1 Å². The molecule has 4 rings (SSSR count). The average molecular weight is 297 g/mol. The van der Waals surface area contributed by atoms with Gasteiger partial charge in [-0.25, -0.2) is 0 Å². The first-order valence-electron chi connectivity index (χ1n) is 7.61. The Hall–Kier alpha value is -2.07. The molecule has 2 atom stereocenters. The molecule has 0 saturated carbocycles. The minimum atomic E-state index is -0.394. The summed E-state index contributed by atoms with van der Waals surface area (Å²) in [4.78, 5) is 14.5. The first-order valence-corrected chi connectivity index (χ1v) is 7.61. The monoisotopic (exact) mass is 297 g/mol. The molecule has 0 fully saturated rings. The van der Waals surface area contributed by atoms with E-state index < -0.39 is 5.54 Å². The van der Waals surface area contributed by atoms with E-state index in [9.17, 15) is 4.79 Å². The largest absolute Gasteiger partial charge is 0.497 e. The molecule has 4 nitrogen and oxygen atoms in total. The summed E-state index contributed by atoms with van der Waals surface area (Å²) in [5, 5.41) is 0. The van der Waals surface area contributed by atoms with Crippen molar-refractivity contribution in [3.05, 3.63) is 53.1 Å². The smallest absolute Gasteiger partial charge is 0.247 e. The van der Waals surface area contributed by atoms with Crippen LogP contribution in [0.4, 0.5) is 0 Å². The van der Waals surface area contributed by atoms with Gasteiger partial charge in [-0.15, -0.1) is 0 Å². The quantitative estimate of drug-likeness (QED) is 0.840. The Morgan fingerprint density at radius 1 is 1.32 bits per heavy atom. The summed E-state index contributed by atoms with van der Waals surface area (Å²) in [5.74, 6) is 0.932. The van der Waals surface area contributed by atoms with Crippen LogP contribution in [-0.2, 0) is 21.5 Å². The highest BCUT2D eigenvalue weighted by molar-refractivity contribution is 5.95. The van der Waals surface area contributed by atoms with Crippen molar-refractivity contribution in [2.75, 3.05) is 20.8 Å². The summed E-state index contributed by atoms with van der Waals surface area (Å²) < 4.78 is 11.0. The second-order valence-electron chi connectivity index (χ2n) is 6.06. The number of hydrogen-bond acceptors (Lipinski definition) is 3. The van der Waals surface area contributed by atoms with Crippen molar-refractivity contribution < 1.29 is 14.3 Å². The topological polar surface area (TPSA) is 38.8 Å². The molecule has 1 spiro atoms. The van der Waals surface area contributed by atoms with Crippen molar-refractivity contribution in [1.29, 1.82) is 0 Å². The predicted octanol–water partition coefficient (Wildman–Crippen LogP) is 2.19. The molecular formula is C18H19NO3. The lowest BCUT2D eigenvalue weighted by Crippen LogP contribution is -2.52. The zero-order chi connectivity index (χ0) is 15.3. The lowest BCUT2D eigenvalue weighted by molar-refractivity contribution is -0.130. The van der Waals surface area contributed by atoms with Gasteiger partial charge < -0.3 is 14.4 Å². The summed E-state index contributed by atoms with van der Waals surface area (Å²) >= 11 is 0. The number of fused-ring (bicyclic) bond motifs is 1. The van der Waals surface area contributed by atoms with E-state index in [0.29, 0.717) is 0 Å². The van der Waals surface area contributed by atoms with Gasteiger partial charge in [-0.1, -0.05) is 18.2 Å². The van der Waals surface area contributed by atoms with Crippen LogP contribution < -0.4 is 4.74 Å². The molecule has 0 radical (unpaired) electrons. The van der Waals surface area contributed by atoms with Crippen molar-refractivity contribution in [2.24, 2.45) is 0 Å². The Balaban J connectivity index is 1.94. The third kappa shape index (κ3) is 1.64. The van der Waals surface area contributed by atoms with Gasteiger partial charge in [0.1, 0.15) is 5.75 Å². The average Bonchev–Trinajstić information content (AvgIpc) is 2.86. The van der Waals surface area contributed by atoms with Gasteiger partial charge in [-0.3, -0.25) is 4.79 Å². The fraction of sp³-hybridized carbons (Fsp3) is 0.389. The first-order chi connectivity index (χ1) is 10.7. The molecule has 2 heterocycles. The number of rotatable bonds is 2. The van der Waals surface area contributed by atoms with Crippen molar-refractivity contribution in [2.45, 2.75) is 24.5 Å². The van der Waals surface area contributed by atoms with Crippen LogP contribution in [0.15, 0.2) is 42.0 Å². The number of carbonyl (C=O) groups is 1. The van der Waals surface area contributed by atoms with E-state index in [1.54, 1.807) is 20.3 Å². The molecule has 0 unspecified atom stereocenters. The van der Waals surface area contributed by atoms with Crippen LogP contribution in [0.3, 0.4) is 0 Å². The minimum absolute atomic E-state index is 0.0164. The molecule has 1 aromatic carbocycles. The number of hydrogen-bond donors (Lipinski definition) is 0. The number of methoxy groups -OCH3 is 2. The van der Waals surface area contributed by atoms with Crippen LogP contribution in [0.1, 0.15) is 17.5 Å². The van der Waals surface area contributed by atoms with Crippen LogP contribution in [0, 0.1) is 0 Å². The molecule has 3 aliphatic rings. The van der Waals surface area contributed by atoms with E-state index in [1.165, 1.54) is 11.1 Å². The molecule has 0 aromatic heterocycles. The number of ether oxygens (including phenoxy) is 2. The maximum absolute atomic E-state index is 12.5. The fourth-order valence-corrected chi connectivity index (χ4v) is 4.05. The molecule has 4 heteroatoms. The zero-order valence-corrected chi connectivity index (χ0v) is 12.8. The molecule has 0 saturated heterocycles. The SMILES string of the molecule is COc1ccc2c(c1)[C@]13C[C@@H](OC)C=CC1=CC(=O)N3CC2. The van der Waals surface area contributed by atoms with Gasteiger partial charge in [-0.2, -0.15) is 0 Å². The predicted molar refractivity (Wildman–Crippen MR) is 82.7 cm³/mol. The van der Waals surface area contributed by atoms with Crippen LogP contribution in [0.25, 0.3) is 0 Å². The van der Waals surface area contributed by atoms with E-state index >= 15 is 0 Å². The Kier molecular flexibility index (Phi) is 2.91. The number of carbonyl (C=O) groups excluding carboxylic acids is 1. The van der Waals surface area contributed by atoms with Crippen LogP contribution >= 0.6 is 0 Å². The van der Waals surface area contributed by atoms with E-state index in [-0.39, 0.29) is 12.0 Å². The summed E-state index contributed by atoms with van der Waals surface area (Å²) in [6, 6.07) is 6.21. The summed E-state index contributed by atoms with van der Waals surface area (Å²) in [6.45, 7) is 0.752. The molecular weight excluding hydrogens is 278 g/mol. The van der Waals surface area contributed by atoms with Gasteiger partial charge in [0.05, 0.1) is 18.8 Å². The van der Waals surface area contributed by atoms with Gasteiger partial charge in [0.15, 0.2) is 0 Å². The maximum atomic E-state index is 12.5. The maximum Gasteiger partial charge on any atom is 0.247 e. The molecule has 114 valence electrons. The van der Waals surface area contributed by atoms with Gasteiger partial charge in [0.2, 0.25) is 5.91 Å². The Morgan fingerprint density at radius 3 is 2.95 bits per heavy atom. The fourth-order valence-electron chi connectivity index (χ4n) is 4.05. The second kappa shape index (κ2) is 4.71. The van der Waals surface area contributed by atoms with Gasteiger partial charge in [0.25, 0.3) is 0 Å². The van der Waals surface area contributed by atoms with Gasteiger partial charge in [-0.05, 0) is 35.3 Å². The summed E-state index contributed by atoms with van der Waals surface area (Å²) in [7, 11) is 3.39. The summed E-state index contributed by atoms with van der Waals surface area (Å²) in [6.07, 6.45) is 7.53.